The smallest absolute Gasteiger partial charge is 0.258 e. The van der Waals surface area contributed by atoms with Crippen molar-refractivity contribution in [2.24, 2.45) is 5.73 Å². The molecule has 2 aromatic carbocycles. The SMILES string of the molecule is Cc1ccc(C(O)(C(N)=O)c2ccccc2)cc1. The molecule has 3 heteroatoms. The molecule has 0 saturated carbocycles. The van der Waals surface area contributed by atoms with E-state index in [-0.39, 0.29) is 0 Å². The van der Waals surface area contributed by atoms with Crippen LogP contribution >= 0.6 is 0 Å². The molecule has 3 nitrogen and oxygen atoms in total. The number of aryl methyl sites for hydroxylation is 1. The highest BCUT2D eigenvalue weighted by molar-refractivity contribution is 5.88. The average Bonchev–Trinajstić information content (AvgIpc) is 2.39. The van der Waals surface area contributed by atoms with Gasteiger partial charge in [-0.15, -0.1) is 0 Å². The molecule has 2 rings (SSSR count). The minimum absolute atomic E-state index is 0.473. The Morgan fingerprint density at radius 3 is 2.00 bits per heavy atom. The van der Waals surface area contributed by atoms with E-state index in [9.17, 15) is 9.90 Å². The van der Waals surface area contributed by atoms with Crippen LogP contribution in [0.2, 0.25) is 0 Å². The van der Waals surface area contributed by atoms with Gasteiger partial charge in [-0.3, -0.25) is 4.79 Å². The minimum atomic E-state index is -1.78. The molecular formula is C15H15NO2. The Morgan fingerprint density at radius 2 is 1.50 bits per heavy atom. The lowest BCUT2D eigenvalue weighted by Gasteiger charge is -2.25. The van der Waals surface area contributed by atoms with Gasteiger partial charge in [0.05, 0.1) is 0 Å². The predicted molar refractivity (Wildman–Crippen MR) is 69.8 cm³/mol. The standard InChI is InChI=1S/C15H15NO2/c1-11-7-9-13(10-8-11)15(18,14(16)17)12-5-3-2-4-6-12/h2-10,18H,1H3,(H2,16,17). The van der Waals surface area contributed by atoms with E-state index in [1.54, 1.807) is 36.4 Å². The lowest BCUT2D eigenvalue weighted by atomic mass is 9.85. The van der Waals surface area contributed by atoms with Crippen LogP contribution in [0.4, 0.5) is 0 Å². The summed E-state index contributed by atoms with van der Waals surface area (Å²) in [6.45, 7) is 1.94. The molecule has 1 unspecified atom stereocenters. The fraction of sp³-hybridized carbons (Fsp3) is 0.133. The molecule has 18 heavy (non-hydrogen) atoms. The van der Waals surface area contributed by atoms with E-state index in [1.807, 2.05) is 25.1 Å². The average molecular weight is 241 g/mol. The van der Waals surface area contributed by atoms with Gasteiger partial charge < -0.3 is 10.8 Å². The molecular weight excluding hydrogens is 226 g/mol. The van der Waals surface area contributed by atoms with E-state index in [1.165, 1.54) is 0 Å². The van der Waals surface area contributed by atoms with Gasteiger partial charge in [-0.25, -0.2) is 0 Å². The number of hydrogen-bond donors (Lipinski definition) is 2. The van der Waals surface area contributed by atoms with Crippen molar-refractivity contribution in [1.82, 2.24) is 0 Å². The van der Waals surface area contributed by atoms with Crippen molar-refractivity contribution in [1.29, 1.82) is 0 Å². The summed E-state index contributed by atoms with van der Waals surface area (Å²) in [7, 11) is 0. The summed E-state index contributed by atoms with van der Waals surface area (Å²) in [4.78, 5) is 11.7. The number of nitrogens with two attached hydrogens (primary N) is 1. The third-order valence-corrected chi connectivity index (χ3v) is 3.02. The van der Waals surface area contributed by atoms with E-state index >= 15 is 0 Å². The van der Waals surface area contributed by atoms with Crippen LogP contribution < -0.4 is 5.73 Å². The Balaban J connectivity index is 2.58. The molecule has 3 N–H and O–H groups in total. The number of aliphatic hydroxyl groups is 1. The lowest BCUT2D eigenvalue weighted by molar-refractivity contribution is -0.133. The van der Waals surface area contributed by atoms with Crippen LogP contribution in [0, 0.1) is 6.92 Å². The molecule has 0 radical (unpaired) electrons. The van der Waals surface area contributed by atoms with E-state index in [0.29, 0.717) is 11.1 Å². The van der Waals surface area contributed by atoms with Crippen LogP contribution in [0.3, 0.4) is 0 Å². The molecule has 0 fully saturated rings. The highest BCUT2D eigenvalue weighted by Gasteiger charge is 2.37. The van der Waals surface area contributed by atoms with E-state index < -0.39 is 11.5 Å². The summed E-state index contributed by atoms with van der Waals surface area (Å²) < 4.78 is 0. The summed E-state index contributed by atoms with van der Waals surface area (Å²) in [5.74, 6) is -0.780. The Hall–Kier alpha value is -2.13. The minimum Gasteiger partial charge on any atom is -0.372 e. The van der Waals surface area contributed by atoms with E-state index in [4.69, 9.17) is 5.73 Å². The summed E-state index contributed by atoms with van der Waals surface area (Å²) in [5, 5.41) is 10.6. The number of hydrogen-bond acceptors (Lipinski definition) is 2. The van der Waals surface area contributed by atoms with Gasteiger partial charge >= 0.3 is 0 Å². The van der Waals surface area contributed by atoms with Gasteiger partial charge in [-0.1, -0.05) is 60.2 Å². The summed E-state index contributed by atoms with van der Waals surface area (Å²) in [6, 6.07) is 15.8. The summed E-state index contributed by atoms with van der Waals surface area (Å²) in [5.41, 5.74) is 5.61. The molecule has 0 aromatic heterocycles. The fourth-order valence-corrected chi connectivity index (χ4v) is 1.93. The molecule has 1 atom stereocenters. The lowest BCUT2D eigenvalue weighted by Crippen LogP contribution is -2.42. The Bertz CT molecular complexity index is 548. The van der Waals surface area contributed by atoms with Crippen molar-refractivity contribution < 1.29 is 9.90 Å². The van der Waals surface area contributed by atoms with Gasteiger partial charge in [-0.2, -0.15) is 0 Å². The number of amides is 1. The molecule has 0 aliphatic rings. The van der Waals surface area contributed by atoms with Crippen LogP contribution in [-0.4, -0.2) is 11.0 Å². The van der Waals surface area contributed by atoms with Crippen molar-refractivity contribution in [3.8, 4) is 0 Å². The second-order valence-corrected chi connectivity index (χ2v) is 4.31. The second-order valence-electron chi connectivity index (χ2n) is 4.31. The largest absolute Gasteiger partial charge is 0.372 e. The molecule has 1 amide bonds. The number of rotatable bonds is 3. The third-order valence-electron chi connectivity index (χ3n) is 3.02. The number of carbonyl (C=O) groups is 1. The van der Waals surface area contributed by atoms with Crippen molar-refractivity contribution in [3.05, 3.63) is 71.3 Å². The molecule has 0 spiro atoms. The third kappa shape index (κ3) is 2.00. The fourth-order valence-electron chi connectivity index (χ4n) is 1.93. The van der Waals surface area contributed by atoms with Gasteiger partial charge in [-0.05, 0) is 18.1 Å². The zero-order valence-electron chi connectivity index (χ0n) is 10.1. The zero-order valence-corrected chi connectivity index (χ0v) is 10.1. The quantitative estimate of drug-likeness (QED) is 0.859. The summed E-state index contributed by atoms with van der Waals surface area (Å²) in [6.07, 6.45) is 0. The second kappa shape index (κ2) is 4.63. The molecule has 92 valence electrons. The van der Waals surface area contributed by atoms with Crippen LogP contribution in [-0.2, 0) is 10.4 Å². The maximum absolute atomic E-state index is 11.7. The molecule has 0 aliphatic heterocycles. The van der Waals surface area contributed by atoms with Crippen molar-refractivity contribution in [2.45, 2.75) is 12.5 Å². The van der Waals surface area contributed by atoms with Crippen molar-refractivity contribution >= 4 is 5.91 Å². The zero-order chi connectivity index (χ0) is 13.2. The van der Waals surface area contributed by atoms with Crippen LogP contribution in [0.25, 0.3) is 0 Å². The van der Waals surface area contributed by atoms with Gasteiger partial charge in [0.2, 0.25) is 0 Å². The first kappa shape index (κ1) is 12.3. The van der Waals surface area contributed by atoms with E-state index in [0.717, 1.165) is 5.56 Å². The molecule has 0 bridgehead atoms. The maximum atomic E-state index is 11.7. The first-order valence-electron chi connectivity index (χ1n) is 5.70. The molecule has 0 heterocycles. The maximum Gasteiger partial charge on any atom is 0.258 e. The van der Waals surface area contributed by atoms with Gasteiger partial charge in [0.1, 0.15) is 0 Å². The Kier molecular flexibility index (Phi) is 3.17. The van der Waals surface area contributed by atoms with E-state index in [2.05, 4.69) is 0 Å². The normalized spacial score (nSPS) is 13.9. The van der Waals surface area contributed by atoms with Crippen LogP contribution in [0.15, 0.2) is 54.6 Å². The first-order chi connectivity index (χ1) is 8.55. The van der Waals surface area contributed by atoms with Crippen LogP contribution in [0.1, 0.15) is 16.7 Å². The predicted octanol–water partition coefficient (Wildman–Crippen LogP) is 1.72. The number of carbonyl (C=O) groups excluding carboxylic acids is 1. The molecule has 2 aromatic rings. The Labute approximate surface area is 106 Å². The number of benzene rings is 2. The van der Waals surface area contributed by atoms with Gasteiger partial charge in [0.15, 0.2) is 5.60 Å². The summed E-state index contributed by atoms with van der Waals surface area (Å²) >= 11 is 0. The highest BCUT2D eigenvalue weighted by Crippen LogP contribution is 2.29. The molecule has 0 saturated heterocycles. The first-order valence-corrected chi connectivity index (χ1v) is 5.70. The van der Waals surface area contributed by atoms with Crippen LogP contribution in [0.5, 0.6) is 0 Å². The van der Waals surface area contributed by atoms with Crippen molar-refractivity contribution in [3.63, 3.8) is 0 Å². The topological polar surface area (TPSA) is 63.3 Å². The molecule has 0 aliphatic carbocycles. The van der Waals surface area contributed by atoms with Gasteiger partial charge in [0.25, 0.3) is 5.91 Å². The monoisotopic (exact) mass is 241 g/mol. The Morgan fingerprint density at radius 1 is 1.00 bits per heavy atom. The number of primary amides is 1. The highest BCUT2D eigenvalue weighted by atomic mass is 16.3. The van der Waals surface area contributed by atoms with Crippen molar-refractivity contribution in [2.75, 3.05) is 0 Å². The van der Waals surface area contributed by atoms with Gasteiger partial charge in [0, 0.05) is 0 Å².